The van der Waals surface area contributed by atoms with Gasteiger partial charge in [0.05, 0.1) is 72.2 Å². The highest BCUT2D eigenvalue weighted by molar-refractivity contribution is 6.34. The van der Waals surface area contributed by atoms with E-state index in [1.807, 2.05) is 27.7 Å². The number of carbonyl (C=O) groups is 1. The Kier molecular flexibility index (Phi) is 16.4. The number of hydrogen-bond acceptors (Lipinski definition) is 6. The summed E-state index contributed by atoms with van der Waals surface area (Å²) < 4.78 is 19.7. The molecule has 8 nitrogen and oxygen atoms in total. The van der Waals surface area contributed by atoms with Crippen LogP contribution in [0.3, 0.4) is 0 Å². The van der Waals surface area contributed by atoms with Gasteiger partial charge in [-0.05, 0) is 81.2 Å². The monoisotopic (exact) mass is 555 g/mol. The van der Waals surface area contributed by atoms with Crippen LogP contribution >= 0.6 is 47.1 Å². The van der Waals surface area contributed by atoms with Crippen LogP contribution < -0.4 is 0 Å². The highest BCUT2D eigenvalue weighted by Crippen LogP contribution is 2.24. The number of likely N-dealkylation sites (N-methyl/N-ethyl adjacent to an activating group) is 1. The zero-order valence-corrected chi connectivity index (χ0v) is 24.2. The summed E-state index contributed by atoms with van der Waals surface area (Å²) in [6.45, 7) is 12.9. The summed E-state index contributed by atoms with van der Waals surface area (Å²) in [5.74, 6) is 0.0188. The van der Waals surface area contributed by atoms with Crippen molar-refractivity contribution in [2.75, 3.05) is 80.4 Å². The summed E-state index contributed by atoms with van der Waals surface area (Å²) in [7, 11) is 6.00. The zero-order valence-electron chi connectivity index (χ0n) is 21.2. The standard InChI is InChI=1S/C21H43Cl4N4O4/c1-20(2,27(22)23)9-10-26(5)19(30)8-12-31-14-16-33-17-15-32-13-11-29(6,7)18-21(3,4)28(24)25/h8-18H2,1-7H3/q+1. The Morgan fingerprint density at radius 2 is 1.24 bits per heavy atom. The van der Waals surface area contributed by atoms with Crippen LogP contribution in [-0.2, 0) is 19.0 Å². The molecule has 0 aliphatic heterocycles. The molecule has 1 amide bonds. The number of carbonyl (C=O) groups excluding carboxylic acids is 1. The maximum absolute atomic E-state index is 12.1. The lowest BCUT2D eigenvalue weighted by Gasteiger charge is -2.38. The number of quaternary nitrogens is 1. The van der Waals surface area contributed by atoms with Gasteiger partial charge in [-0.1, -0.05) is 0 Å². The van der Waals surface area contributed by atoms with E-state index in [2.05, 4.69) is 14.1 Å². The van der Waals surface area contributed by atoms with Crippen LogP contribution in [0.15, 0.2) is 0 Å². The van der Waals surface area contributed by atoms with Gasteiger partial charge in [0, 0.05) is 19.1 Å². The van der Waals surface area contributed by atoms with Crippen LogP contribution in [-0.4, -0.2) is 115 Å². The molecule has 0 rings (SSSR count). The Bertz CT molecular complexity index is 552. The van der Waals surface area contributed by atoms with Crippen LogP contribution in [0.1, 0.15) is 40.5 Å². The zero-order chi connectivity index (χ0) is 25.7. The molecule has 33 heavy (non-hydrogen) atoms. The Labute approximate surface area is 220 Å². The minimum absolute atomic E-state index is 0.0188. The van der Waals surface area contributed by atoms with E-state index in [-0.39, 0.29) is 11.4 Å². The molecule has 0 N–H and O–H groups in total. The molecule has 0 bridgehead atoms. The molecule has 0 aliphatic rings. The van der Waals surface area contributed by atoms with Gasteiger partial charge < -0.3 is 23.6 Å². The van der Waals surface area contributed by atoms with Gasteiger partial charge in [-0.2, -0.15) is 0 Å². The Balaban J connectivity index is 3.72. The van der Waals surface area contributed by atoms with Gasteiger partial charge in [0.25, 0.3) is 0 Å². The van der Waals surface area contributed by atoms with Crippen molar-refractivity contribution in [2.24, 2.45) is 0 Å². The number of rotatable bonds is 19. The number of hydrogen-bond donors (Lipinski definition) is 0. The quantitative estimate of drug-likeness (QED) is 0.135. The first-order valence-electron chi connectivity index (χ1n) is 11.1. The molecule has 0 heterocycles. The van der Waals surface area contributed by atoms with Crippen LogP contribution in [0.25, 0.3) is 0 Å². The average molecular weight is 557 g/mol. The predicted octanol–water partition coefficient (Wildman–Crippen LogP) is 4.13. The smallest absolute Gasteiger partial charge is 0.224 e. The topological polar surface area (TPSA) is 54.5 Å². The van der Waals surface area contributed by atoms with E-state index in [4.69, 9.17) is 61.3 Å². The Morgan fingerprint density at radius 3 is 1.73 bits per heavy atom. The number of halogens is 4. The number of amides is 1. The van der Waals surface area contributed by atoms with Gasteiger partial charge in [0.1, 0.15) is 6.54 Å². The van der Waals surface area contributed by atoms with E-state index in [0.29, 0.717) is 59.0 Å². The first-order valence-corrected chi connectivity index (χ1v) is 12.5. The van der Waals surface area contributed by atoms with Crippen molar-refractivity contribution >= 4 is 53.0 Å². The highest BCUT2D eigenvalue weighted by atomic mass is 35.5. The van der Waals surface area contributed by atoms with E-state index < -0.39 is 5.54 Å². The maximum Gasteiger partial charge on any atom is 0.224 e. The fourth-order valence-electron chi connectivity index (χ4n) is 3.03. The lowest BCUT2D eigenvalue weighted by Crippen LogP contribution is -2.53. The average Bonchev–Trinajstić information content (AvgIpc) is 2.68. The number of nitrogens with zero attached hydrogens (tertiary/aromatic N) is 4. The number of ether oxygens (including phenoxy) is 3. The molecule has 0 fully saturated rings. The molecule has 0 saturated heterocycles. The van der Waals surface area contributed by atoms with Crippen molar-refractivity contribution in [2.45, 2.75) is 51.6 Å². The molecule has 0 atom stereocenters. The van der Waals surface area contributed by atoms with Gasteiger partial charge in [-0.25, -0.2) is 0 Å². The summed E-state index contributed by atoms with van der Waals surface area (Å²) in [5.41, 5.74) is -0.735. The molecule has 0 aromatic heterocycles. The van der Waals surface area contributed by atoms with Crippen LogP contribution in [0.5, 0.6) is 0 Å². The predicted molar refractivity (Wildman–Crippen MR) is 136 cm³/mol. The first-order chi connectivity index (χ1) is 15.1. The van der Waals surface area contributed by atoms with E-state index in [1.165, 1.54) is 3.94 Å². The second-order valence-corrected chi connectivity index (χ2v) is 11.8. The third-order valence-electron chi connectivity index (χ3n) is 5.26. The van der Waals surface area contributed by atoms with E-state index in [9.17, 15) is 4.79 Å². The maximum atomic E-state index is 12.1. The van der Waals surface area contributed by atoms with Crippen LogP contribution in [0.4, 0.5) is 0 Å². The SMILES string of the molecule is CN(CCC(C)(C)N(Cl)Cl)C(=O)CCOCCOCCOCC[N+](C)(C)CC(C)(C)N(Cl)Cl. The molecular weight excluding hydrogens is 514 g/mol. The second-order valence-electron chi connectivity index (χ2n) is 10.1. The molecular formula is C21H43Cl4N4O4+. The van der Waals surface area contributed by atoms with Crippen LogP contribution in [0.2, 0.25) is 0 Å². The molecule has 0 aliphatic carbocycles. The van der Waals surface area contributed by atoms with Crippen molar-refractivity contribution in [1.29, 1.82) is 0 Å². The molecule has 0 unspecified atom stereocenters. The first kappa shape index (κ1) is 33.4. The molecule has 198 valence electrons. The minimum Gasteiger partial charge on any atom is -0.379 e. The fraction of sp³-hybridized carbons (Fsp3) is 0.952. The lowest BCUT2D eigenvalue weighted by molar-refractivity contribution is -0.894. The van der Waals surface area contributed by atoms with Crippen molar-refractivity contribution in [1.82, 2.24) is 12.8 Å². The van der Waals surface area contributed by atoms with Gasteiger partial charge in [-0.15, -0.1) is 7.88 Å². The van der Waals surface area contributed by atoms with Gasteiger partial charge >= 0.3 is 0 Å². The summed E-state index contributed by atoms with van der Waals surface area (Å²) in [5, 5.41) is 0. The molecule has 0 saturated carbocycles. The van der Waals surface area contributed by atoms with E-state index >= 15 is 0 Å². The Hall–Kier alpha value is 0.390. The van der Waals surface area contributed by atoms with E-state index in [0.717, 1.165) is 21.5 Å². The Morgan fingerprint density at radius 1 is 0.788 bits per heavy atom. The lowest BCUT2D eigenvalue weighted by atomic mass is 10.0. The molecule has 0 aromatic rings. The van der Waals surface area contributed by atoms with Crippen LogP contribution in [0, 0.1) is 0 Å². The summed E-state index contributed by atoms with van der Waals surface area (Å²) in [6.07, 6.45) is 0.981. The summed E-state index contributed by atoms with van der Waals surface area (Å²) in [4.78, 5) is 13.8. The molecule has 0 radical (unpaired) electrons. The molecule has 0 spiro atoms. The third kappa shape index (κ3) is 15.9. The van der Waals surface area contributed by atoms with Crippen molar-refractivity contribution in [3.63, 3.8) is 0 Å². The van der Waals surface area contributed by atoms with Gasteiger partial charge in [0.2, 0.25) is 5.91 Å². The summed E-state index contributed by atoms with van der Waals surface area (Å²) >= 11 is 23.4. The normalized spacial score (nSPS) is 13.2. The molecule has 12 heteroatoms. The van der Waals surface area contributed by atoms with E-state index in [1.54, 1.807) is 11.9 Å². The van der Waals surface area contributed by atoms with Crippen molar-refractivity contribution in [3.05, 3.63) is 0 Å². The van der Waals surface area contributed by atoms with Crippen molar-refractivity contribution < 1.29 is 23.5 Å². The minimum atomic E-state index is -0.405. The fourth-order valence-corrected chi connectivity index (χ4v) is 3.31. The largest absolute Gasteiger partial charge is 0.379 e. The second kappa shape index (κ2) is 16.2. The van der Waals surface area contributed by atoms with Gasteiger partial charge in [0.15, 0.2) is 0 Å². The summed E-state index contributed by atoms with van der Waals surface area (Å²) in [6, 6.07) is 0. The third-order valence-corrected chi connectivity index (χ3v) is 7.09. The molecule has 0 aromatic carbocycles. The van der Waals surface area contributed by atoms with Crippen molar-refractivity contribution in [3.8, 4) is 0 Å². The van der Waals surface area contributed by atoms with Gasteiger partial charge in [-0.3, -0.25) is 4.79 Å². The highest BCUT2D eigenvalue weighted by Gasteiger charge is 2.33.